The first-order valence-electron chi connectivity index (χ1n) is 9.15. The fourth-order valence-electron chi connectivity index (χ4n) is 6.34. The minimum atomic E-state index is -0.271. The zero-order valence-electron chi connectivity index (χ0n) is 14.0. The van der Waals surface area contributed by atoms with E-state index in [1.54, 1.807) is 6.08 Å². The number of ketones is 1. The van der Waals surface area contributed by atoms with E-state index in [-0.39, 0.29) is 23.0 Å². The lowest BCUT2D eigenvalue weighted by Gasteiger charge is -2.54. The lowest BCUT2D eigenvalue weighted by atomic mass is 9.49. The van der Waals surface area contributed by atoms with Gasteiger partial charge in [0.15, 0.2) is 5.78 Å². The molecule has 4 rings (SSSR count). The second-order valence-electron chi connectivity index (χ2n) is 8.58. The van der Waals surface area contributed by atoms with E-state index in [1.807, 2.05) is 6.08 Å². The summed E-state index contributed by atoms with van der Waals surface area (Å²) in [6.07, 6.45) is 14.5. The molecule has 0 aromatic heterocycles. The lowest BCUT2D eigenvalue weighted by molar-refractivity contribution is -0.123. The Morgan fingerprint density at radius 3 is 2.96 bits per heavy atom. The van der Waals surface area contributed by atoms with Gasteiger partial charge in [-0.25, -0.2) is 0 Å². The molecule has 4 aliphatic rings. The van der Waals surface area contributed by atoms with Crippen LogP contribution in [0.2, 0.25) is 0 Å². The average molecular weight is 313 g/mol. The maximum Gasteiger partial charge on any atom is 0.218 e. The first kappa shape index (κ1) is 15.2. The summed E-state index contributed by atoms with van der Waals surface area (Å²) < 4.78 is 0. The lowest BCUT2D eigenvalue weighted by Crippen LogP contribution is -2.48. The molecule has 0 aliphatic heterocycles. The predicted octanol–water partition coefficient (Wildman–Crippen LogP) is 3.54. The molecule has 1 amide bonds. The number of amides is 1. The number of allylic oxidation sites excluding steroid dienone is 4. The van der Waals surface area contributed by atoms with Gasteiger partial charge >= 0.3 is 0 Å². The second-order valence-corrected chi connectivity index (χ2v) is 8.58. The van der Waals surface area contributed by atoms with E-state index in [0.717, 1.165) is 18.8 Å². The molecule has 23 heavy (non-hydrogen) atoms. The number of hydrogen-bond donors (Lipinski definition) is 1. The van der Waals surface area contributed by atoms with E-state index in [1.165, 1.54) is 31.3 Å². The van der Waals surface area contributed by atoms with Crippen molar-refractivity contribution in [2.45, 2.75) is 58.3 Å². The van der Waals surface area contributed by atoms with Crippen LogP contribution >= 0.6 is 0 Å². The summed E-state index contributed by atoms with van der Waals surface area (Å²) in [6, 6.07) is 0. The fourth-order valence-corrected chi connectivity index (χ4v) is 6.34. The molecular formula is C20H27NO2. The summed E-state index contributed by atoms with van der Waals surface area (Å²) in [6.45, 7) is 2.45. The molecule has 0 bridgehead atoms. The monoisotopic (exact) mass is 313 g/mol. The highest BCUT2D eigenvalue weighted by Gasteiger charge is 2.55. The summed E-state index contributed by atoms with van der Waals surface area (Å²) in [5.41, 5.74) is 7.25. The van der Waals surface area contributed by atoms with Crippen LogP contribution in [-0.4, -0.2) is 11.7 Å². The van der Waals surface area contributed by atoms with Crippen LogP contribution in [0.3, 0.4) is 0 Å². The molecule has 3 nitrogen and oxygen atoms in total. The van der Waals surface area contributed by atoms with Gasteiger partial charge in [0.25, 0.3) is 0 Å². The SMILES string of the molecule is C[C@]12CC=C3[C@@H](CCC4CC(=O)C=C[C@]34CC(N)=O)[C@@H]1CCC2. The number of fused-ring (bicyclic) bond motifs is 5. The van der Waals surface area contributed by atoms with Crippen LogP contribution in [0.15, 0.2) is 23.8 Å². The fraction of sp³-hybridized carbons (Fsp3) is 0.700. The summed E-state index contributed by atoms with van der Waals surface area (Å²) in [4.78, 5) is 23.8. The van der Waals surface area contributed by atoms with Crippen molar-refractivity contribution in [3.63, 3.8) is 0 Å². The zero-order valence-corrected chi connectivity index (χ0v) is 14.0. The van der Waals surface area contributed by atoms with E-state index in [2.05, 4.69) is 13.0 Å². The Balaban J connectivity index is 1.80. The van der Waals surface area contributed by atoms with E-state index in [0.29, 0.717) is 24.2 Å². The van der Waals surface area contributed by atoms with Crippen molar-refractivity contribution in [1.29, 1.82) is 0 Å². The standard InChI is InChI=1S/C20H27NO2/c1-19-8-2-3-16(19)15-5-4-13-11-14(22)6-10-20(13,12-18(21)23)17(15)7-9-19/h6-7,10,13,15-16H,2-5,8-9,11-12H2,1H3,(H2,21,23)/t13?,15-,16-,19-,20+/m0/s1. The van der Waals surface area contributed by atoms with Crippen LogP contribution in [-0.2, 0) is 9.59 Å². The molecule has 0 radical (unpaired) electrons. The van der Waals surface area contributed by atoms with Crippen LogP contribution < -0.4 is 5.73 Å². The normalized spacial score (nSPS) is 45.0. The molecule has 0 aromatic rings. The van der Waals surface area contributed by atoms with Gasteiger partial charge in [0.2, 0.25) is 5.91 Å². The molecular weight excluding hydrogens is 286 g/mol. The van der Waals surface area contributed by atoms with Crippen molar-refractivity contribution in [3.05, 3.63) is 23.8 Å². The van der Waals surface area contributed by atoms with Gasteiger partial charge in [0.1, 0.15) is 0 Å². The number of nitrogens with two attached hydrogens (primary N) is 1. The van der Waals surface area contributed by atoms with E-state index >= 15 is 0 Å². The minimum absolute atomic E-state index is 0.204. The van der Waals surface area contributed by atoms with Crippen LogP contribution in [0.4, 0.5) is 0 Å². The number of carbonyl (C=O) groups excluding carboxylic acids is 2. The Kier molecular flexibility index (Phi) is 3.33. The van der Waals surface area contributed by atoms with Gasteiger partial charge in [-0.2, -0.15) is 0 Å². The van der Waals surface area contributed by atoms with E-state index in [9.17, 15) is 9.59 Å². The Morgan fingerprint density at radius 2 is 2.17 bits per heavy atom. The van der Waals surface area contributed by atoms with Gasteiger partial charge < -0.3 is 5.73 Å². The van der Waals surface area contributed by atoms with E-state index < -0.39 is 0 Å². The van der Waals surface area contributed by atoms with Gasteiger partial charge in [-0.3, -0.25) is 9.59 Å². The highest BCUT2D eigenvalue weighted by Crippen LogP contribution is 2.63. The highest BCUT2D eigenvalue weighted by molar-refractivity contribution is 5.92. The van der Waals surface area contributed by atoms with Gasteiger partial charge in [-0.15, -0.1) is 0 Å². The predicted molar refractivity (Wildman–Crippen MR) is 89.4 cm³/mol. The maximum atomic E-state index is 11.9. The van der Waals surface area contributed by atoms with Crippen molar-refractivity contribution in [3.8, 4) is 0 Å². The summed E-state index contributed by atoms with van der Waals surface area (Å²) in [5, 5.41) is 0. The van der Waals surface area contributed by atoms with Crippen LogP contribution in [0.5, 0.6) is 0 Å². The zero-order chi connectivity index (χ0) is 16.2. The highest BCUT2D eigenvalue weighted by atomic mass is 16.1. The molecule has 124 valence electrons. The van der Waals surface area contributed by atoms with Gasteiger partial charge in [0, 0.05) is 18.3 Å². The summed E-state index contributed by atoms with van der Waals surface area (Å²) >= 11 is 0. The molecule has 5 atom stereocenters. The van der Waals surface area contributed by atoms with Crippen LogP contribution in [0.25, 0.3) is 0 Å². The van der Waals surface area contributed by atoms with Crippen LogP contribution in [0, 0.1) is 28.6 Å². The number of carbonyl (C=O) groups is 2. The van der Waals surface area contributed by atoms with Gasteiger partial charge in [-0.1, -0.05) is 31.1 Å². The maximum absolute atomic E-state index is 11.9. The molecule has 0 spiro atoms. The quantitative estimate of drug-likeness (QED) is 0.793. The molecule has 2 fully saturated rings. The molecule has 0 aromatic carbocycles. The molecule has 1 unspecified atom stereocenters. The average Bonchev–Trinajstić information content (AvgIpc) is 2.89. The molecule has 2 saturated carbocycles. The number of rotatable bonds is 2. The third kappa shape index (κ3) is 2.15. The largest absolute Gasteiger partial charge is 0.370 e. The smallest absolute Gasteiger partial charge is 0.218 e. The number of hydrogen-bond acceptors (Lipinski definition) is 2. The summed E-state index contributed by atoms with van der Waals surface area (Å²) in [5.74, 6) is 1.57. The third-order valence-corrected chi connectivity index (χ3v) is 7.40. The van der Waals surface area contributed by atoms with Crippen molar-refractivity contribution in [1.82, 2.24) is 0 Å². The van der Waals surface area contributed by atoms with Gasteiger partial charge in [0.05, 0.1) is 0 Å². The van der Waals surface area contributed by atoms with Crippen molar-refractivity contribution in [2.24, 2.45) is 34.3 Å². The number of primary amides is 1. The minimum Gasteiger partial charge on any atom is -0.370 e. The van der Waals surface area contributed by atoms with Crippen molar-refractivity contribution in [2.75, 3.05) is 0 Å². The Hall–Kier alpha value is -1.38. The Labute approximate surface area is 138 Å². The van der Waals surface area contributed by atoms with Gasteiger partial charge in [-0.05, 0) is 61.3 Å². The second kappa shape index (κ2) is 5.06. The topological polar surface area (TPSA) is 60.2 Å². The summed E-state index contributed by atoms with van der Waals surface area (Å²) in [7, 11) is 0. The van der Waals surface area contributed by atoms with E-state index in [4.69, 9.17) is 5.73 Å². The third-order valence-electron chi connectivity index (χ3n) is 7.40. The van der Waals surface area contributed by atoms with Crippen LogP contribution in [0.1, 0.15) is 58.3 Å². The Bertz CT molecular complexity index is 619. The molecule has 3 heteroatoms. The Morgan fingerprint density at radius 1 is 1.35 bits per heavy atom. The first-order chi connectivity index (χ1) is 10.9. The van der Waals surface area contributed by atoms with Crippen molar-refractivity contribution < 1.29 is 9.59 Å². The molecule has 0 saturated heterocycles. The van der Waals surface area contributed by atoms with Crippen molar-refractivity contribution >= 4 is 11.7 Å². The molecule has 0 heterocycles. The molecule has 4 aliphatic carbocycles. The molecule has 2 N–H and O–H groups in total. The first-order valence-corrected chi connectivity index (χ1v) is 9.15.